The van der Waals surface area contributed by atoms with Crippen molar-refractivity contribution in [3.63, 3.8) is 0 Å². The standard InChI is InChI=1S/C24H17N3OS/c1-16-7-11-20(12-8-16)22-25-26-24-27(22)23(28)21(29-24)15-17-9-13-19(14-10-17)18-5-3-2-4-6-18/h2-15H,1H3/b21-15-. The normalized spacial score (nSPS) is 12.0. The maximum atomic E-state index is 13.0. The van der Waals surface area contributed by atoms with Crippen LogP contribution in [0.3, 0.4) is 0 Å². The molecule has 5 aromatic rings. The van der Waals surface area contributed by atoms with Crippen molar-refractivity contribution >= 4 is 22.4 Å². The third-order valence-corrected chi connectivity index (χ3v) is 5.83. The first-order valence-corrected chi connectivity index (χ1v) is 10.1. The van der Waals surface area contributed by atoms with Crippen LogP contribution in [0.1, 0.15) is 11.1 Å². The third kappa shape index (κ3) is 3.26. The lowest BCUT2D eigenvalue weighted by Crippen LogP contribution is -2.23. The quantitative estimate of drug-likeness (QED) is 0.457. The SMILES string of the molecule is Cc1ccc(-c2nnc3s/c(=C\c4ccc(-c5ccccc5)cc4)c(=O)n23)cc1. The highest BCUT2D eigenvalue weighted by Crippen LogP contribution is 2.20. The topological polar surface area (TPSA) is 47.3 Å². The molecule has 0 amide bonds. The van der Waals surface area contributed by atoms with Crippen molar-refractivity contribution < 1.29 is 0 Å². The first-order chi connectivity index (χ1) is 14.2. The van der Waals surface area contributed by atoms with Gasteiger partial charge in [-0.25, -0.2) is 4.40 Å². The van der Waals surface area contributed by atoms with Crippen LogP contribution in [0.5, 0.6) is 0 Å². The van der Waals surface area contributed by atoms with Crippen molar-refractivity contribution in [3.05, 3.63) is 105 Å². The number of rotatable bonds is 3. The van der Waals surface area contributed by atoms with E-state index in [1.54, 1.807) is 4.40 Å². The van der Waals surface area contributed by atoms with Crippen LogP contribution in [0, 0.1) is 6.92 Å². The van der Waals surface area contributed by atoms with Gasteiger partial charge in [0.15, 0.2) is 5.82 Å². The smallest absolute Gasteiger partial charge is 0.267 e. The summed E-state index contributed by atoms with van der Waals surface area (Å²) in [6, 6.07) is 26.4. The van der Waals surface area contributed by atoms with E-state index in [1.165, 1.54) is 16.9 Å². The second-order valence-corrected chi connectivity index (χ2v) is 7.92. The number of thiazole rings is 1. The fourth-order valence-corrected chi connectivity index (χ4v) is 4.22. The molecule has 0 spiro atoms. The lowest BCUT2D eigenvalue weighted by atomic mass is 10.0. The molecule has 0 fully saturated rings. The molecule has 140 valence electrons. The van der Waals surface area contributed by atoms with E-state index < -0.39 is 0 Å². The summed E-state index contributed by atoms with van der Waals surface area (Å²) in [5.74, 6) is 0.584. The fraction of sp³-hybridized carbons (Fsp3) is 0.0417. The summed E-state index contributed by atoms with van der Waals surface area (Å²) in [6.45, 7) is 2.03. The van der Waals surface area contributed by atoms with Crippen LogP contribution in [0.4, 0.5) is 0 Å². The molecule has 0 aliphatic carbocycles. The summed E-state index contributed by atoms with van der Waals surface area (Å²) < 4.78 is 2.25. The number of fused-ring (bicyclic) bond motifs is 1. The summed E-state index contributed by atoms with van der Waals surface area (Å²) in [6.07, 6.45) is 1.91. The van der Waals surface area contributed by atoms with Gasteiger partial charge in [-0.05, 0) is 29.7 Å². The lowest BCUT2D eigenvalue weighted by Gasteiger charge is -2.01. The Morgan fingerprint density at radius 1 is 0.793 bits per heavy atom. The molecule has 3 aromatic carbocycles. The summed E-state index contributed by atoms with van der Waals surface area (Å²) >= 11 is 1.36. The fourth-order valence-electron chi connectivity index (χ4n) is 3.31. The number of benzene rings is 3. The summed E-state index contributed by atoms with van der Waals surface area (Å²) in [5.41, 5.74) is 5.27. The van der Waals surface area contributed by atoms with Gasteiger partial charge in [0.2, 0.25) is 4.96 Å². The van der Waals surface area contributed by atoms with Crippen molar-refractivity contribution in [1.29, 1.82) is 0 Å². The molecule has 0 aliphatic rings. The van der Waals surface area contributed by atoms with Crippen LogP contribution in [0.2, 0.25) is 0 Å². The van der Waals surface area contributed by atoms with Gasteiger partial charge < -0.3 is 0 Å². The van der Waals surface area contributed by atoms with Crippen molar-refractivity contribution in [2.45, 2.75) is 6.92 Å². The summed E-state index contributed by atoms with van der Waals surface area (Å²) in [4.78, 5) is 13.6. The maximum Gasteiger partial charge on any atom is 0.276 e. The van der Waals surface area contributed by atoms with E-state index in [1.807, 2.05) is 67.6 Å². The highest BCUT2D eigenvalue weighted by molar-refractivity contribution is 7.15. The van der Waals surface area contributed by atoms with Gasteiger partial charge in [0, 0.05) is 5.56 Å². The van der Waals surface area contributed by atoms with Gasteiger partial charge in [-0.1, -0.05) is 95.8 Å². The second kappa shape index (κ2) is 7.11. The first-order valence-electron chi connectivity index (χ1n) is 9.31. The Bertz CT molecular complexity index is 1400. The van der Waals surface area contributed by atoms with Crippen molar-refractivity contribution in [2.75, 3.05) is 0 Å². The molecule has 4 nitrogen and oxygen atoms in total. The molecule has 2 heterocycles. The van der Waals surface area contributed by atoms with Crippen molar-refractivity contribution in [3.8, 4) is 22.5 Å². The molecular formula is C24H17N3OS. The highest BCUT2D eigenvalue weighted by atomic mass is 32.1. The number of hydrogen-bond donors (Lipinski definition) is 0. The molecule has 5 rings (SSSR count). The Kier molecular flexibility index (Phi) is 4.30. The minimum Gasteiger partial charge on any atom is -0.267 e. The number of nitrogens with zero attached hydrogens (tertiary/aromatic N) is 3. The van der Waals surface area contributed by atoms with E-state index in [-0.39, 0.29) is 5.56 Å². The zero-order chi connectivity index (χ0) is 19.8. The summed E-state index contributed by atoms with van der Waals surface area (Å²) in [7, 11) is 0. The number of aryl methyl sites for hydroxylation is 1. The van der Waals surface area contributed by atoms with Gasteiger partial charge in [-0.15, -0.1) is 10.2 Å². The average molecular weight is 395 g/mol. The van der Waals surface area contributed by atoms with E-state index >= 15 is 0 Å². The third-order valence-electron chi connectivity index (χ3n) is 4.87. The Labute approximate surface area is 171 Å². The minimum absolute atomic E-state index is 0.0855. The molecule has 0 saturated carbocycles. The van der Waals surface area contributed by atoms with Gasteiger partial charge in [-0.2, -0.15) is 0 Å². The lowest BCUT2D eigenvalue weighted by molar-refractivity contribution is 1.09. The minimum atomic E-state index is -0.0855. The van der Waals surface area contributed by atoms with Crippen LogP contribution in [0.15, 0.2) is 83.7 Å². The van der Waals surface area contributed by atoms with Gasteiger partial charge in [-0.3, -0.25) is 4.79 Å². The Morgan fingerprint density at radius 2 is 1.45 bits per heavy atom. The van der Waals surface area contributed by atoms with Gasteiger partial charge in [0.05, 0.1) is 4.53 Å². The van der Waals surface area contributed by atoms with Crippen molar-refractivity contribution in [2.24, 2.45) is 0 Å². The molecule has 2 aromatic heterocycles. The molecular weight excluding hydrogens is 378 g/mol. The second-order valence-electron chi connectivity index (χ2n) is 6.91. The highest BCUT2D eigenvalue weighted by Gasteiger charge is 2.14. The van der Waals surface area contributed by atoms with Crippen LogP contribution in [-0.2, 0) is 0 Å². The van der Waals surface area contributed by atoms with Crippen LogP contribution in [0.25, 0.3) is 33.6 Å². The van der Waals surface area contributed by atoms with E-state index in [2.05, 4.69) is 34.5 Å². The van der Waals surface area contributed by atoms with Crippen LogP contribution >= 0.6 is 11.3 Å². The molecule has 0 bridgehead atoms. The molecule has 0 unspecified atom stereocenters. The zero-order valence-corrected chi connectivity index (χ0v) is 16.6. The van der Waals surface area contributed by atoms with E-state index in [0.29, 0.717) is 15.3 Å². The number of aromatic nitrogens is 3. The predicted octanol–water partition coefficient (Wildman–Crippen LogP) is 4.34. The van der Waals surface area contributed by atoms with Gasteiger partial charge in [0.1, 0.15) is 0 Å². The Balaban J connectivity index is 1.55. The monoisotopic (exact) mass is 395 g/mol. The largest absolute Gasteiger partial charge is 0.276 e. The molecule has 0 aliphatic heterocycles. The Hall–Kier alpha value is -3.57. The molecule has 29 heavy (non-hydrogen) atoms. The average Bonchev–Trinajstić information content (AvgIpc) is 3.30. The molecule has 0 saturated heterocycles. The first kappa shape index (κ1) is 17.5. The van der Waals surface area contributed by atoms with Crippen molar-refractivity contribution in [1.82, 2.24) is 14.6 Å². The Morgan fingerprint density at radius 3 is 2.17 bits per heavy atom. The maximum absolute atomic E-state index is 13.0. The zero-order valence-electron chi connectivity index (χ0n) is 15.7. The molecule has 0 atom stereocenters. The van der Waals surface area contributed by atoms with Crippen LogP contribution < -0.4 is 10.1 Å². The summed E-state index contributed by atoms with van der Waals surface area (Å²) in [5, 5.41) is 8.42. The van der Waals surface area contributed by atoms with Crippen LogP contribution in [-0.4, -0.2) is 14.6 Å². The van der Waals surface area contributed by atoms with Gasteiger partial charge in [0.25, 0.3) is 5.56 Å². The molecule has 5 heteroatoms. The molecule has 0 radical (unpaired) electrons. The number of hydrogen-bond acceptors (Lipinski definition) is 4. The van der Waals surface area contributed by atoms with E-state index in [4.69, 9.17) is 0 Å². The van der Waals surface area contributed by atoms with E-state index in [0.717, 1.165) is 22.3 Å². The van der Waals surface area contributed by atoms with E-state index in [9.17, 15) is 4.79 Å². The predicted molar refractivity (Wildman–Crippen MR) is 118 cm³/mol. The van der Waals surface area contributed by atoms with Gasteiger partial charge >= 0.3 is 0 Å². The molecule has 0 N–H and O–H groups in total.